The molecule has 0 radical (unpaired) electrons. The van der Waals surface area contributed by atoms with Gasteiger partial charge < -0.3 is 0 Å². The summed E-state index contributed by atoms with van der Waals surface area (Å²) in [6.45, 7) is 2.27. The SMILES string of the molecule is CCCCCCc1ccc(C=C2CC=CS2)s1. The zero-order chi connectivity index (χ0) is 11.9. The summed E-state index contributed by atoms with van der Waals surface area (Å²) >= 11 is 3.82. The molecule has 0 aromatic carbocycles. The molecule has 0 aliphatic carbocycles. The Morgan fingerprint density at radius 2 is 2.18 bits per heavy atom. The molecule has 1 aliphatic rings. The number of thioether (sulfide) groups is 1. The first-order valence-electron chi connectivity index (χ1n) is 6.49. The molecule has 0 saturated carbocycles. The van der Waals surface area contributed by atoms with Crippen LogP contribution in [0, 0.1) is 0 Å². The summed E-state index contributed by atoms with van der Waals surface area (Å²) in [5.74, 6) is 0. The molecule has 0 fully saturated rings. The molecule has 0 atom stereocenters. The molecule has 92 valence electrons. The molecule has 0 N–H and O–H groups in total. The lowest BCUT2D eigenvalue weighted by atomic mass is 10.1. The Hall–Kier alpha value is -0.470. The van der Waals surface area contributed by atoms with Crippen LogP contribution in [0.1, 0.15) is 48.8 Å². The van der Waals surface area contributed by atoms with E-state index >= 15 is 0 Å². The smallest absolute Gasteiger partial charge is 0.0281 e. The van der Waals surface area contributed by atoms with Crippen LogP contribution in [-0.4, -0.2) is 0 Å². The van der Waals surface area contributed by atoms with Crippen LogP contribution in [-0.2, 0) is 6.42 Å². The molecule has 1 aromatic heterocycles. The third-order valence-electron chi connectivity index (χ3n) is 2.90. The van der Waals surface area contributed by atoms with Gasteiger partial charge in [0.25, 0.3) is 0 Å². The lowest BCUT2D eigenvalue weighted by molar-refractivity contribution is 0.670. The van der Waals surface area contributed by atoms with Crippen LogP contribution in [0.3, 0.4) is 0 Å². The van der Waals surface area contributed by atoms with Gasteiger partial charge in [-0.3, -0.25) is 0 Å². The molecule has 0 amide bonds. The quantitative estimate of drug-likeness (QED) is 0.580. The highest BCUT2D eigenvalue weighted by Crippen LogP contribution is 2.31. The normalized spacial score (nSPS) is 17.1. The van der Waals surface area contributed by atoms with E-state index in [2.05, 4.69) is 36.6 Å². The summed E-state index contributed by atoms with van der Waals surface area (Å²) in [4.78, 5) is 4.44. The number of allylic oxidation sites excluding steroid dienone is 2. The van der Waals surface area contributed by atoms with Crippen molar-refractivity contribution in [3.8, 4) is 0 Å². The summed E-state index contributed by atoms with van der Waals surface area (Å²) in [7, 11) is 0. The van der Waals surface area contributed by atoms with Crippen LogP contribution < -0.4 is 0 Å². The van der Waals surface area contributed by atoms with E-state index in [0.717, 1.165) is 6.42 Å². The van der Waals surface area contributed by atoms with Crippen molar-refractivity contribution in [1.82, 2.24) is 0 Å². The molecular formula is C15H20S2. The molecule has 0 unspecified atom stereocenters. The molecular weight excluding hydrogens is 244 g/mol. The Morgan fingerprint density at radius 1 is 1.24 bits per heavy atom. The molecule has 1 aromatic rings. The van der Waals surface area contributed by atoms with E-state index in [1.54, 1.807) is 4.88 Å². The van der Waals surface area contributed by atoms with Crippen molar-refractivity contribution in [2.75, 3.05) is 0 Å². The second kappa shape index (κ2) is 7.07. The van der Waals surface area contributed by atoms with Gasteiger partial charge in [0.15, 0.2) is 0 Å². The highest BCUT2D eigenvalue weighted by molar-refractivity contribution is 8.06. The van der Waals surface area contributed by atoms with Crippen molar-refractivity contribution >= 4 is 29.2 Å². The minimum atomic E-state index is 1.12. The van der Waals surface area contributed by atoms with E-state index in [9.17, 15) is 0 Å². The van der Waals surface area contributed by atoms with Crippen molar-refractivity contribution in [2.24, 2.45) is 0 Å². The monoisotopic (exact) mass is 264 g/mol. The van der Waals surface area contributed by atoms with E-state index in [1.807, 2.05) is 23.1 Å². The third kappa shape index (κ3) is 4.36. The van der Waals surface area contributed by atoms with Gasteiger partial charge in [-0.25, -0.2) is 0 Å². The first-order valence-corrected chi connectivity index (χ1v) is 8.19. The molecule has 1 aliphatic heterocycles. The van der Waals surface area contributed by atoms with Crippen LogP contribution in [0.4, 0.5) is 0 Å². The van der Waals surface area contributed by atoms with E-state index in [4.69, 9.17) is 0 Å². The highest BCUT2D eigenvalue weighted by atomic mass is 32.2. The highest BCUT2D eigenvalue weighted by Gasteiger charge is 2.03. The van der Waals surface area contributed by atoms with Gasteiger partial charge in [-0.1, -0.05) is 32.3 Å². The fourth-order valence-electron chi connectivity index (χ4n) is 1.93. The second-order valence-electron chi connectivity index (χ2n) is 4.42. The summed E-state index contributed by atoms with van der Waals surface area (Å²) < 4.78 is 0. The third-order valence-corrected chi connectivity index (χ3v) is 4.90. The molecule has 0 spiro atoms. The first kappa shape index (κ1) is 13.0. The Balaban J connectivity index is 1.81. The minimum absolute atomic E-state index is 1.12. The lowest BCUT2D eigenvalue weighted by Gasteiger charge is -1.96. The van der Waals surface area contributed by atoms with Gasteiger partial charge in [-0.05, 0) is 47.8 Å². The average Bonchev–Trinajstić information content (AvgIpc) is 2.97. The van der Waals surface area contributed by atoms with Gasteiger partial charge >= 0.3 is 0 Å². The average molecular weight is 264 g/mol. The predicted molar refractivity (Wildman–Crippen MR) is 81.5 cm³/mol. The number of hydrogen-bond donors (Lipinski definition) is 0. The van der Waals surface area contributed by atoms with Gasteiger partial charge in [0.1, 0.15) is 0 Å². The Labute approximate surface area is 113 Å². The molecule has 0 saturated heterocycles. The van der Waals surface area contributed by atoms with Crippen LogP contribution in [0.2, 0.25) is 0 Å². The Kier molecular flexibility index (Phi) is 5.40. The molecule has 2 heterocycles. The maximum atomic E-state index is 2.34. The second-order valence-corrected chi connectivity index (χ2v) is 6.65. The minimum Gasteiger partial charge on any atom is -0.141 e. The number of hydrogen-bond acceptors (Lipinski definition) is 2. The van der Waals surface area contributed by atoms with Crippen molar-refractivity contribution in [2.45, 2.75) is 45.4 Å². The topological polar surface area (TPSA) is 0 Å². The van der Waals surface area contributed by atoms with Crippen molar-refractivity contribution in [1.29, 1.82) is 0 Å². The van der Waals surface area contributed by atoms with Gasteiger partial charge in [0.2, 0.25) is 0 Å². The molecule has 2 heteroatoms. The summed E-state index contributed by atoms with van der Waals surface area (Å²) in [6, 6.07) is 4.57. The van der Waals surface area contributed by atoms with Gasteiger partial charge in [0, 0.05) is 9.75 Å². The van der Waals surface area contributed by atoms with Gasteiger partial charge in [0.05, 0.1) is 0 Å². The Morgan fingerprint density at radius 3 is 2.94 bits per heavy atom. The predicted octanol–water partition coefficient (Wildman–Crippen LogP) is 5.86. The summed E-state index contributed by atoms with van der Waals surface area (Å²) in [5.41, 5.74) is 0. The van der Waals surface area contributed by atoms with Crippen molar-refractivity contribution < 1.29 is 0 Å². The van der Waals surface area contributed by atoms with E-state index in [0.29, 0.717) is 0 Å². The zero-order valence-electron chi connectivity index (χ0n) is 10.4. The standard InChI is InChI=1S/C15H20S2/c1-2-3-4-5-7-13-9-10-15(17-13)12-14-8-6-11-16-14/h6,9-12H,2-5,7-8H2,1H3. The molecule has 17 heavy (non-hydrogen) atoms. The van der Waals surface area contributed by atoms with E-state index in [-0.39, 0.29) is 0 Å². The summed E-state index contributed by atoms with van der Waals surface area (Å²) in [6.07, 6.45) is 12.4. The fraction of sp³-hybridized carbons (Fsp3) is 0.467. The van der Waals surface area contributed by atoms with Gasteiger partial charge in [-0.2, -0.15) is 0 Å². The van der Waals surface area contributed by atoms with Crippen LogP contribution in [0.15, 0.2) is 28.5 Å². The number of thiophene rings is 1. The van der Waals surface area contributed by atoms with Crippen LogP contribution in [0.25, 0.3) is 6.08 Å². The molecule has 0 nitrogen and oxygen atoms in total. The number of rotatable bonds is 6. The Bertz CT molecular complexity index is 389. The fourth-order valence-corrected chi connectivity index (χ4v) is 3.78. The largest absolute Gasteiger partial charge is 0.141 e. The van der Waals surface area contributed by atoms with Gasteiger partial charge in [-0.15, -0.1) is 23.1 Å². The summed E-state index contributed by atoms with van der Waals surface area (Å²) in [5, 5.41) is 2.19. The maximum absolute atomic E-state index is 2.34. The van der Waals surface area contributed by atoms with E-state index < -0.39 is 0 Å². The number of unbranched alkanes of at least 4 members (excludes halogenated alkanes) is 3. The van der Waals surface area contributed by atoms with Crippen molar-refractivity contribution in [3.63, 3.8) is 0 Å². The molecule has 2 rings (SSSR count). The van der Waals surface area contributed by atoms with Crippen molar-refractivity contribution in [3.05, 3.63) is 38.3 Å². The molecule has 0 bridgehead atoms. The first-order chi connectivity index (χ1) is 8.38. The lowest BCUT2D eigenvalue weighted by Crippen LogP contribution is -1.80. The number of aryl methyl sites for hydroxylation is 1. The maximum Gasteiger partial charge on any atom is 0.0281 e. The zero-order valence-corrected chi connectivity index (χ0v) is 12.1. The van der Waals surface area contributed by atoms with E-state index in [1.165, 1.54) is 41.9 Å². The van der Waals surface area contributed by atoms with Crippen LogP contribution >= 0.6 is 23.1 Å². The van der Waals surface area contributed by atoms with Crippen LogP contribution in [0.5, 0.6) is 0 Å².